The lowest BCUT2D eigenvalue weighted by Crippen LogP contribution is -2.38. The van der Waals surface area contributed by atoms with Gasteiger partial charge in [0.2, 0.25) is 5.91 Å². The van der Waals surface area contributed by atoms with Crippen LogP contribution in [0.25, 0.3) is 22.5 Å². The fraction of sp³-hybridized carbons (Fsp3) is 0.237. The molecule has 7 rings (SSSR count). The van der Waals surface area contributed by atoms with Crippen LogP contribution in [0.4, 0.5) is 27.3 Å². The number of aromatic nitrogens is 4. The first kappa shape index (κ1) is 35.6. The average Bonchev–Trinajstić information content (AvgIpc) is 3.83. The summed E-state index contributed by atoms with van der Waals surface area (Å²) in [5.41, 5.74) is 21.2. The minimum atomic E-state index is -0.328. The largest absolute Gasteiger partial charge is 0.399 e. The van der Waals surface area contributed by atoms with Crippen LogP contribution in [-0.2, 0) is 9.53 Å². The summed E-state index contributed by atoms with van der Waals surface area (Å²) in [6.45, 7) is 8.19. The highest BCUT2D eigenvalue weighted by Crippen LogP contribution is 2.31. The first-order chi connectivity index (χ1) is 24.8. The monoisotopic (exact) mass is 719 g/mol. The average molecular weight is 720 g/mol. The van der Waals surface area contributed by atoms with Crippen LogP contribution in [0.2, 0.25) is 0 Å². The summed E-state index contributed by atoms with van der Waals surface area (Å²) in [4.78, 5) is 32.1. The summed E-state index contributed by atoms with van der Waals surface area (Å²) in [6.07, 6.45) is 7.81. The molecule has 2 aromatic carbocycles. The van der Waals surface area contributed by atoms with Crippen molar-refractivity contribution < 1.29 is 9.53 Å². The number of hydrogen-bond donors (Lipinski definition) is 4. The number of pyridine rings is 2. The second kappa shape index (κ2) is 17.1. The molecule has 4 aromatic heterocycles. The number of nitrogens with two attached hydrogens (primary N) is 2. The van der Waals surface area contributed by atoms with Gasteiger partial charge in [-0.3, -0.25) is 19.7 Å². The Morgan fingerprint density at radius 2 is 1.41 bits per heavy atom. The molecule has 1 fully saturated rings. The molecule has 262 valence electrons. The van der Waals surface area contributed by atoms with Crippen molar-refractivity contribution in [2.75, 3.05) is 49.2 Å². The highest BCUT2D eigenvalue weighted by Gasteiger charge is 2.21. The summed E-state index contributed by atoms with van der Waals surface area (Å²) < 4.78 is 5.40. The Hall–Kier alpha value is -5.21. The van der Waals surface area contributed by atoms with E-state index in [4.69, 9.17) is 16.2 Å². The fourth-order valence-corrected chi connectivity index (χ4v) is 7.03. The Morgan fingerprint density at radius 3 is 1.96 bits per heavy atom. The standard InChI is InChI=1S/C23H27N5O2S.C15H14N4S/c1-16-4-5-17(19(22(24)29)6-8-28-9-11-30-12-10-28)13-20(16)26-23-27-21(15-31-23)18-3-2-7-25-14-18;1-10-4-5-12(16)7-13(10)18-15-19-14(9-20-15)11-3-2-6-17-8-11/h2-5,7,13-15,19H,6,8-12H2,1H3,(H2,24,29)(H,26,27);2-9H,16H2,1H3,(H,18,19). The molecule has 6 aromatic rings. The van der Waals surface area contributed by atoms with Gasteiger partial charge in [-0.2, -0.15) is 0 Å². The van der Waals surface area contributed by atoms with E-state index in [1.807, 2.05) is 91.5 Å². The third-order valence-corrected chi connectivity index (χ3v) is 10.0. The van der Waals surface area contributed by atoms with Crippen LogP contribution >= 0.6 is 22.7 Å². The zero-order valence-electron chi connectivity index (χ0n) is 28.6. The van der Waals surface area contributed by atoms with Crippen molar-refractivity contribution in [2.45, 2.75) is 26.2 Å². The Morgan fingerprint density at radius 1 is 0.843 bits per heavy atom. The Bertz CT molecular complexity index is 2030. The highest BCUT2D eigenvalue weighted by molar-refractivity contribution is 7.14. The van der Waals surface area contributed by atoms with Gasteiger partial charge in [0.15, 0.2) is 10.3 Å². The molecule has 0 radical (unpaired) electrons. The summed E-state index contributed by atoms with van der Waals surface area (Å²) >= 11 is 3.10. The molecule has 0 aliphatic carbocycles. The van der Waals surface area contributed by atoms with Gasteiger partial charge >= 0.3 is 0 Å². The van der Waals surface area contributed by atoms with E-state index in [0.717, 1.165) is 99.4 Å². The maximum Gasteiger partial charge on any atom is 0.225 e. The topological polar surface area (TPSA) is 157 Å². The van der Waals surface area contributed by atoms with Crippen molar-refractivity contribution in [1.82, 2.24) is 24.8 Å². The van der Waals surface area contributed by atoms with Gasteiger partial charge in [0.1, 0.15) is 0 Å². The van der Waals surface area contributed by atoms with Crippen LogP contribution in [0.1, 0.15) is 29.0 Å². The van der Waals surface area contributed by atoms with Crippen molar-refractivity contribution in [1.29, 1.82) is 0 Å². The molecule has 11 nitrogen and oxygen atoms in total. The minimum Gasteiger partial charge on any atom is -0.399 e. The third kappa shape index (κ3) is 9.73. The molecule has 1 aliphatic rings. The van der Waals surface area contributed by atoms with Crippen molar-refractivity contribution in [2.24, 2.45) is 5.73 Å². The van der Waals surface area contributed by atoms with Crippen LogP contribution < -0.4 is 22.1 Å². The predicted molar refractivity (Wildman–Crippen MR) is 208 cm³/mol. The van der Waals surface area contributed by atoms with Gasteiger partial charge in [-0.15, -0.1) is 22.7 Å². The molecule has 1 aliphatic heterocycles. The lowest BCUT2D eigenvalue weighted by Gasteiger charge is -2.28. The minimum absolute atomic E-state index is 0.295. The van der Waals surface area contributed by atoms with E-state index >= 15 is 0 Å². The normalized spacial score (nSPS) is 13.5. The zero-order chi connectivity index (χ0) is 35.6. The maximum absolute atomic E-state index is 12.2. The highest BCUT2D eigenvalue weighted by atomic mass is 32.1. The molecule has 6 N–H and O–H groups in total. The summed E-state index contributed by atoms with van der Waals surface area (Å²) in [6, 6.07) is 19.6. The predicted octanol–water partition coefficient (Wildman–Crippen LogP) is 7.39. The number of benzene rings is 2. The SMILES string of the molecule is Cc1ccc(C(CCN2CCOCC2)C(N)=O)cc1Nc1nc(-c2cccnc2)cs1.Cc1ccc(N)cc1Nc1nc(-c2cccnc2)cs1. The number of nitrogens with one attached hydrogen (secondary N) is 2. The van der Waals surface area contributed by atoms with Gasteiger partial charge in [0.05, 0.1) is 30.5 Å². The van der Waals surface area contributed by atoms with Gasteiger partial charge in [0.25, 0.3) is 0 Å². The van der Waals surface area contributed by atoms with E-state index in [9.17, 15) is 4.79 Å². The number of anilines is 5. The number of nitrogens with zero attached hydrogens (tertiary/aromatic N) is 5. The molecule has 5 heterocycles. The van der Waals surface area contributed by atoms with E-state index in [-0.39, 0.29) is 11.8 Å². The first-order valence-corrected chi connectivity index (χ1v) is 18.4. The second-order valence-corrected chi connectivity index (χ2v) is 13.9. The molecule has 0 bridgehead atoms. The van der Waals surface area contributed by atoms with Crippen LogP contribution in [0, 0.1) is 13.8 Å². The number of morpholine rings is 1. The van der Waals surface area contributed by atoms with E-state index in [1.54, 1.807) is 29.9 Å². The maximum atomic E-state index is 12.2. The number of carbonyl (C=O) groups is 1. The van der Waals surface area contributed by atoms with Crippen molar-refractivity contribution in [3.63, 3.8) is 0 Å². The number of amides is 1. The number of primary amides is 1. The molecule has 1 amide bonds. The van der Waals surface area contributed by atoms with E-state index in [1.165, 1.54) is 11.3 Å². The molecule has 13 heteroatoms. The number of carbonyl (C=O) groups excluding carboxylic acids is 1. The summed E-state index contributed by atoms with van der Waals surface area (Å²) in [7, 11) is 0. The third-order valence-electron chi connectivity index (χ3n) is 8.51. The van der Waals surface area contributed by atoms with E-state index in [0.29, 0.717) is 6.42 Å². The van der Waals surface area contributed by atoms with Gasteiger partial charge in [0, 0.05) is 76.8 Å². The van der Waals surface area contributed by atoms with Crippen LogP contribution in [0.5, 0.6) is 0 Å². The molecular weight excluding hydrogens is 679 g/mol. The Balaban J connectivity index is 0.000000193. The molecule has 51 heavy (non-hydrogen) atoms. The van der Waals surface area contributed by atoms with Gasteiger partial charge < -0.3 is 26.8 Å². The number of rotatable bonds is 11. The fourth-order valence-electron chi connectivity index (χ4n) is 5.56. The number of ether oxygens (including phenoxy) is 1. The molecule has 0 spiro atoms. The van der Waals surface area contributed by atoms with E-state index in [2.05, 4.69) is 35.5 Å². The van der Waals surface area contributed by atoms with Crippen molar-refractivity contribution >= 4 is 55.9 Å². The molecule has 0 saturated carbocycles. The van der Waals surface area contributed by atoms with Crippen molar-refractivity contribution in [3.8, 4) is 22.5 Å². The Labute approximate surface area is 305 Å². The summed E-state index contributed by atoms with van der Waals surface area (Å²) in [5, 5.41) is 12.4. The van der Waals surface area contributed by atoms with Crippen LogP contribution in [0.15, 0.2) is 96.2 Å². The van der Waals surface area contributed by atoms with Crippen LogP contribution in [0.3, 0.4) is 0 Å². The van der Waals surface area contributed by atoms with Gasteiger partial charge in [-0.05, 0) is 86.0 Å². The van der Waals surface area contributed by atoms with Crippen LogP contribution in [-0.4, -0.2) is 63.6 Å². The number of hydrogen-bond acceptors (Lipinski definition) is 12. The van der Waals surface area contributed by atoms with Crippen molar-refractivity contribution in [3.05, 3.63) is 113 Å². The Kier molecular flexibility index (Phi) is 12.0. The molecule has 1 unspecified atom stereocenters. The number of aryl methyl sites for hydroxylation is 2. The second-order valence-electron chi connectivity index (χ2n) is 12.2. The lowest BCUT2D eigenvalue weighted by atomic mass is 9.93. The number of thiazole rings is 2. The summed E-state index contributed by atoms with van der Waals surface area (Å²) in [5.74, 6) is -0.623. The molecule has 1 saturated heterocycles. The van der Waals surface area contributed by atoms with E-state index < -0.39 is 0 Å². The van der Waals surface area contributed by atoms with Gasteiger partial charge in [-0.25, -0.2) is 9.97 Å². The van der Waals surface area contributed by atoms with Gasteiger partial charge in [-0.1, -0.05) is 18.2 Å². The zero-order valence-corrected chi connectivity index (χ0v) is 30.2. The molecular formula is C38H41N9O2S2. The quantitative estimate of drug-likeness (QED) is 0.0996. The smallest absolute Gasteiger partial charge is 0.225 e. The molecule has 1 atom stereocenters. The number of nitrogen functional groups attached to an aromatic ring is 1. The lowest BCUT2D eigenvalue weighted by molar-refractivity contribution is -0.119. The first-order valence-electron chi connectivity index (χ1n) is 16.6.